The van der Waals surface area contributed by atoms with Crippen LogP contribution in [0, 0.1) is 0 Å². The van der Waals surface area contributed by atoms with Gasteiger partial charge < -0.3 is 9.73 Å². The van der Waals surface area contributed by atoms with Crippen molar-refractivity contribution in [3.63, 3.8) is 0 Å². The lowest BCUT2D eigenvalue weighted by Gasteiger charge is -2.11. The van der Waals surface area contributed by atoms with Gasteiger partial charge in [-0.05, 0) is 30.1 Å². The Morgan fingerprint density at radius 3 is 2.86 bits per heavy atom. The fourth-order valence-electron chi connectivity index (χ4n) is 1.44. The Labute approximate surface area is 91.5 Å². The summed E-state index contributed by atoms with van der Waals surface area (Å²) in [4.78, 5) is 0. The van der Waals surface area contributed by atoms with Crippen molar-refractivity contribution in [1.29, 1.82) is 0 Å². The summed E-state index contributed by atoms with van der Waals surface area (Å²) in [6.45, 7) is 0. The maximum Gasteiger partial charge on any atom is 0.0953 e. The second-order valence-electron chi connectivity index (χ2n) is 2.96. The molecule has 0 radical (unpaired) electrons. The first kappa shape index (κ1) is 9.77. The lowest BCUT2D eigenvalue weighted by atomic mass is 10.1. The molecule has 2 nitrogen and oxygen atoms in total. The van der Waals surface area contributed by atoms with E-state index in [0.717, 1.165) is 9.90 Å². The first-order valence-electron chi connectivity index (χ1n) is 4.24. The zero-order chi connectivity index (χ0) is 9.97. The molecule has 14 heavy (non-hydrogen) atoms. The fourth-order valence-corrected chi connectivity index (χ4v) is 2.36. The van der Waals surface area contributed by atoms with Gasteiger partial charge in [0.1, 0.15) is 0 Å². The maximum atomic E-state index is 5.89. The van der Waals surface area contributed by atoms with Crippen LogP contribution in [0.4, 0.5) is 0 Å². The van der Waals surface area contributed by atoms with Gasteiger partial charge in [-0.15, -0.1) is 11.3 Å². The van der Waals surface area contributed by atoms with Crippen molar-refractivity contribution in [2.75, 3.05) is 7.05 Å². The smallest absolute Gasteiger partial charge is 0.0953 e. The first-order chi connectivity index (χ1) is 6.81. The molecule has 0 fully saturated rings. The largest absolute Gasteiger partial charge is 0.472 e. The molecule has 0 saturated carbocycles. The Morgan fingerprint density at radius 2 is 2.36 bits per heavy atom. The molecule has 1 unspecified atom stereocenters. The maximum absolute atomic E-state index is 5.89. The summed E-state index contributed by atoms with van der Waals surface area (Å²) in [6, 6.07) is 4.09. The molecule has 1 N–H and O–H groups in total. The second kappa shape index (κ2) is 4.17. The highest BCUT2D eigenvalue weighted by Gasteiger charge is 2.14. The molecular weight excluding hydrogens is 218 g/mol. The van der Waals surface area contributed by atoms with Crippen LogP contribution in [0.25, 0.3) is 0 Å². The van der Waals surface area contributed by atoms with Crippen LogP contribution in [0.2, 0.25) is 4.34 Å². The number of thiophene rings is 1. The summed E-state index contributed by atoms with van der Waals surface area (Å²) in [6.07, 6.45) is 3.42. The minimum atomic E-state index is 0.164. The van der Waals surface area contributed by atoms with Crippen LogP contribution >= 0.6 is 22.9 Å². The van der Waals surface area contributed by atoms with Crippen molar-refractivity contribution >= 4 is 22.9 Å². The van der Waals surface area contributed by atoms with Gasteiger partial charge in [-0.3, -0.25) is 0 Å². The molecule has 0 aliphatic rings. The van der Waals surface area contributed by atoms with Gasteiger partial charge in [-0.1, -0.05) is 11.6 Å². The van der Waals surface area contributed by atoms with Crippen LogP contribution in [-0.2, 0) is 0 Å². The van der Waals surface area contributed by atoms with Crippen molar-refractivity contribution in [2.24, 2.45) is 0 Å². The zero-order valence-electron chi connectivity index (χ0n) is 7.66. The molecule has 4 heteroatoms. The van der Waals surface area contributed by atoms with E-state index in [0.29, 0.717) is 0 Å². The average Bonchev–Trinajstić information content (AvgIpc) is 2.79. The van der Waals surface area contributed by atoms with E-state index in [9.17, 15) is 0 Å². The van der Waals surface area contributed by atoms with Gasteiger partial charge in [-0.25, -0.2) is 0 Å². The molecule has 2 rings (SSSR count). The third kappa shape index (κ3) is 1.85. The molecule has 74 valence electrons. The molecule has 2 heterocycles. The molecular formula is C10H10ClNOS. The Hall–Kier alpha value is -0.770. The highest BCUT2D eigenvalue weighted by Crippen LogP contribution is 2.28. The number of furan rings is 1. The predicted molar refractivity (Wildman–Crippen MR) is 58.9 cm³/mol. The minimum absolute atomic E-state index is 0.164. The number of hydrogen-bond donors (Lipinski definition) is 1. The van der Waals surface area contributed by atoms with Crippen LogP contribution in [-0.4, -0.2) is 7.05 Å². The van der Waals surface area contributed by atoms with Gasteiger partial charge in [-0.2, -0.15) is 0 Å². The highest BCUT2D eigenvalue weighted by atomic mass is 35.5. The highest BCUT2D eigenvalue weighted by molar-refractivity contribution is 7.14. The molecule has 0 saturated heterocycles. The van der Waals surface area contributed by atoms with Gasteiger partial charge in [0.2, 0.25) is 0 Å². The van der Waals surface area contributed by atoms with E-state index in [-0.39, 0.29) is 6.04 Å². The molecule has 2 aromatic heterocycles. The Bertz CT molecular complexity index is 396. The zero-order valence-corrected chi connectivity index (χ0v) is 9.23. The summed E-state index contributed by atoms with van der Waals surface area (Å²) in [5.41, 5.74) is 2.28. The van der Waals surface area contributed by atoms with E-state index in [4.69, 9.17) is 16.0 Å². The number of halogens is 1. The van der Waals surface area contributed by atoms with Crippen molar-refractivity contribution < 1.29 is 4.42 Å². The number of rotatable bonds is 3. The van der Waals surface area contributed by atoms with Crippen LogP contribution in [0.3, 0.4) is 0 Å². The third-order valence-corrected chi connectivity index (χ3v) is 3.20. The van der Waals surface area contributed by atoms with Gasteiger partial charge in [0.25, 0.3) is 0 Å². The molecule has 2 aromatic rings. The monoisotopic (exact) mass is 227 g/mol. The van der Waals surface area contributed by atoms with E-state index >= 15 is 0 Å². The molecule has 0 amide bonds. The molecule has 0 aliphatic carbocycles. The van der Waals surface area contributed by atoms with Crippen LogP contribution < -0.4 is 5.32 Å². The Morgan fingerprint density at radius 1 is 1.50 bits per heavy atom. The van der Waals surface area contributed by atoms with Crippen molar-refractivity contribution in [1.82, 2.24) is 5.32 Å². The molecule has 0 bridgehead atoms. The summed E-state index contributed by atoms with van der Waals surface area (Å²) >= 11 is 7.43. The van der Waals surface area contributed by atoms with E-state index in [1.807, 2.05) is 19.2 Å². The quantitative estimate of drug-likeness (QED) is 0.871. The van der Waals surface area contributed by atoms with Crippen LogP contribution in [0.1, 0.15) is 17.2 Å². The van der Waals surface area contributed by atoms with E-state index in [1.54, 1.807) is 23.9 Å². The second-order valence-corrected chi connectivity index (χ2v) is 4.51. The topological polar surface area (TPSA) is 25.2 Å². The lowest BCUT2D eigenvalue weighted by Crippen LogP contribution is -2.16. The van der Waals surface area contributed by atoms with E-state index in [1.165, 1.54) is 5.56 Å². The average molecular weight is 228 g/mol. The van der Waals surface area contributed by atoms with Crippen LogP contribution in [0.15, 0.2) is 34.5 Å². The summed E-state index contributed by atoms with van der Waals surface area (Å²) in [5, 5.41) is 5.27. The Kier molecular flexibility index (Phi) is 2.91. The SMILES string of the molecule is CNC(c1ccoc1)c1csc(Cl)c1. The molecule has 0 aliphatic heterocycles. The van der Waals surface area contributed by atoms with Gasteiger partial charge in [0.05, 0.1) is 22.9 Å². The minimum Gasteiger partial charge on any atom is -0.472 e. The standard InChI is InChI=1S/C10H10ClNOS/c1-12-10(7-2-3-13-5-7)8-4-9(11)14-6-8/h2-6,10,12H,1H3. The third-order valence-electron chi connectivity index (χ3n) is 2.09. The summed E-state index contributed by atoms with van der Waals surface area (Å²) in [7, 11) is 1.92. The normalized spacial score (nSPS) is 13.0. The van der Waals surface area contributed by atoms with Gasteiger partial charge >= 0.3 is 0 Å². The number of nitrogens with one attached hydrogen (secondary N) is 1. The number of hydrogen-bond acceptors (Lipinski definition) is 3. The van der Waals surface area contributed by atoms with Crippen molar-refractivity contribution in [3.05, 3.63) is 45.5 Å². The predicted octanol–water partition coefficient (Wildman–Crippen LogP) is 3.30. The van der Waals surface area contributed by atoms with Crippen LogP contribution in [0.5, 0.6) is 0 Å². The van der Waals surface area contributed by atoms with Gasteiger partial charge in [0.15, 0.2) is 0 Å². The van der Waals surface area contributed by atoms with Crippen molar-refractivity contribution in [3.8, 4) is 0 Å². The lowest BCUT2D eigenvalue weighted by molar-refractivity contribution is 0.557. The Balaban J connectivity index is 2.31. The summed E-state index contributed by atoms with van der Waals surface area (Å²) in [5.74, 6) is 0. The van der Waals surface area contributed by atoms with Gasteiger partial charge in [0, 0.05) is 5.56 Å². The van der Waals surface area contributed by atoms with Crippen molar-refractivity contribution in [2.45, 2.75) is 6.04 Å². The summed E-state index contributed by atoms with van der Waals surface area (Å²) < 4.78 is 5.87. The molecule has 0 spiro atoms. The van der Waals surface area contributed by atoms with E-state index < -0.39 is 0 Å². The van der Waals surface area contributed by atoms with E-state index in [2.05, 4.69) is 10.7 Å². The first-order valence-corrected chi connectivity index (χ1v) is 5.50. The molecule has 0 aromatic carbocycles. The molecule has 1 atom stereocenters. The fraction of sp³-hybridized carbons (Fsp3) is 0.200.